The van der Waals surface area contributed by atoms with Crippen molar-refractivity contribution < 1.29 is 4.74 Å². The first kappa shape index (κ1) is 11.1. The van der Waals surface area contributed by atoms with Crippen LogP contribution < -0.4 is 5.32 Å². The van der Waals surface area contributed by atoms with Gasteiger partial charge in [-0.1, -0.05) is 0 Å². The number of nitrogens with zero attached hydrogens (tertiary/aromatic N) is 2. The lowest BCUT2D eigenvalue weighted by atomic mass is 10.1. The van der Waals surface area contributed by atoms with E-state index < -0.39 is 5.60 Å². The summed E-state index contributed by atoms with van der Waals surface area (Å²) in [6.07, 6.45) is 1.76. The van der Waals surface area contributed by atoms with E-state index in [0.29, 0.717) is 5.82 Å². The third-order valence-electron chi connectivity index (χ3n) is 2.12. The zero-order chi connectivity index (χ0) is 10.6. The molecule has 4 heteroatoms. The quantitative estimate of drug-likeness (QED) is 0.781. The molecule has 1 rings (SSSR count). The van der Waals surface area contributed by atoms with Gasteiger partial charge in [-0.2, -0.15) is 0 Å². The number of aromatic nitrogens is 2. The van der Waals surface area contributed by atoms with Gasteiger partial charge in [0.15, 0.2) is 5.82 Å². The van der Waals surface area contributed by atoms with Crippen molar-refractivity contribution >= 4 is 0 Å². The molecule has 1 N–H and O–H groups in total. The molecule has 0 fully saturated rings. The topological polar surface area (TPSA) is 47.0 Å². The van der Waals surface area contributed by atoms with Gasteiger partial charge >= 0.3 is 0 Å². The van der Waals surface area contributed by atoms with Gasteiger partial charge in [0, 0.05) is 19.9 Å². The van der Waals surface area contributed by atoms with Crippen LogP contribution in [0.3, 0.4) is 0 Å². The van der Waals surface area contributed by atoms with Crippen LogP contribution in [0.1, 0.15) is 25.4 Å². The minimum Gasteiger partial charge on any atom is -0.371 e. The Bertz CT molecular complexity index is 299. The highest BCUT2D eigenvalue weighted by Crippen LogP contribution is 2.19. The number of hydrogen-bond donors (Lipinski definition) is 1. The number of hydrogen-bond acceptors (Lipinski definition) is 4. The smallest absolute Gasteiger partial charge is 0.159 e. The predicted molar refractivity (Wildman–Crippen MR) is 54.8 cm³/mol. The van der Waals surface area contributed by atoms with Crippen LogP contribution >= 0.6 is 0 Å². The monoisotopic (exact) mass is 195 g/mol. The molecule has 0 spiro atoms. The Hall–Kier alpha value is -1.00. The molecule has 78 valence electrons. The summed E-state index contributed by atoms with van der Waals surface area (Å²) in [5.41, 5.74) is 0.548. The molecule has 0 saturated carbocycles. The molecule has 0 bridgehead atoms. The summed E-state index contributed by atoms with van der Waals surface area (Å²) in [5.74, 6) is 0.716. The maximum atomic E-state index is 5.31. The van der Waals surface area contributed by atoms with Crippen molar-refractivity contribution in [1.82, 2.24) is 15.3 Å². The van der Waals surface area contributed by atoms with Crippen molar-refractivity contribution in [2.45, 2.75) is 26.0 Å². The van der Waals surface area contributed by atoms with E-state index in [1.807, 2.05) is 27.0 Å². The summed E-state index contributed by atoms with van der Waals surface area (Å²) in [6, 6.07) is 1.89. The number of rotatable bonds is 4. The fourth-order valence-corrected chi connectivity index (χ4v) is 1.06. The van der Waals surface area contributed by atoms with Gasteiger partial charge in [0.1, 0.15) is 5.60 Å². The van der Waals surface area contributed by atoms with Crippen molar-refractivity contribution in [2.24, 2.45) is 0 Å². The molecule has 0 aliphatic carbocycles. The van der Waals surface area contributed by atoms with Gasteiger partial charge < -0.3 is 10.1 Å². The van der Waals surface area contributed by atoms with E-state index in [9.17, 15) is 0 Å². The van der Waals surface area contributed by atoms with Crippen LogP contribution in [0.15, 0.2) is 12.3 Å². The molecule has 0 atom stereocenters. The molecule has 0 aliphatic rings. The minimum atomic E-state index is -0.427. The fraction of sp³-hybridized carbons (Fsp3) is 0.600. The Kier molecular flexibility index (Phi) is 3.55. The average molecular weight is 195 g/mol. The molecule has 4 nitrogen and oxygen atoms in total. The van der Waals surface area contributed by atoms with Crippen LogP contribution in [0.2, 0.25) is 0 Å². The summed E-state index contributed by atoms with van der Waals surface area (Å²) >= 11 is 0. The standard InChI is InChI=1S/C10H17N3O/c1-10(2,14-4)9-12-6-5-8(13-9)7-11-3/h5-6,11H,7H2,1-4H3. The van der Waals surface area contributed by atoms with E-state index in [1.165, 1.54) is 0 Å². The lowest BCUT2D eigenvalue weighted by molar-refractivity contribution is 0.0112. The molecule has 0 amide bonds. The second-order valence-electron chi connectivity index (χ2n) is 3.62. The maximum absolute atomic E-state index is 5.31. The Morgan fingerprint density at radius 1 is 1.50 bits per heavy atom. The Balaban J connectivity index is 2.93. The van der Waals surface area contributed by atoms with Crippen LogP contribution in [0.4, 0.5) is 0 Å². The molecule has 0 aromatic carbocycles. The first-order chi connectivity index (χ1) is 6.60. The van der Waals surface area contributed by atoms with Crippen LogP contribution in [-0.4, -0.2) is 24.1 Å². The molecule has 1 aromatic heterocycles. The summed E-state index contributed by atoms with van der Waals surface area (Å²) < 4.78 is 5.31. The van der Waals surface area contributed by atoms with Crippen molar-refractivity contribution in [2.75, 3.05) is 14.2 Å². The number of methoxy groups -OCH3 is 1. The molecule has 0 unspecified atom stereocenters. The Morgan fingerprint density at radius 3 is 2.79 bits per heavy atom. The zero-order valence-corrected chi connectivity index (χ0v) is 9.16. The van der Waals surface area contributed by atoms with Crippen molar-refractivity contribution in [1.29, 1.82) is 0 Å². The van der Waals surface area contributed by atoms with E-state index in [0.717, 1.165) is 12.2 Å². The van der Waals surface area contributed by atoms with Gasteiger partial charge in [-0.3, -0.25) is 0 Å². The maximum Gasteiger partial charge on any atom is 0.159 e. The molecule has 0 aliphatic heterocycles. The largest absolute Gasteiger partial charge is 0.371 e. The average Bonchev–Trinajstić information content (AvgIpc) is 2.19. The Labute approximate surface area is 84.7 Å². The highest BCUT2D eigenvalue weighted by Gasteiger charge is 2.22. The molecule has 0 saturated heterocycles. The Morgan fingerprint density at radius 2 is 2.21 bits per heavy atom. The van der Waals surface area contributed by atoms with Crippen molar-refractivity contribution in [3.8, 4) is 0 Å². The van der Waals surface area contributed by atoms with Gasteiger partial charge in [-0.05, 0) is 27.0 Å². The zero-order valence-electron chi connectivity index (χ0n) is 9.16. The SMILES string of the molecule is CNCc1ccnc(C(C)(C)OC)n1. The molecule has 14 heavy (non-hydrogen) atoms. The van der Waals surface area contributed by atoms with E-state index in [-0.39, 0.29) is 0 Å². The van der Waals surface area contributed by atoms with Gasteiger partial charge in [0.2, 0.25) is 0 Å². The molecule has 1 aromatic rings. The normalized spacial score (nSPS) is 11.7. The van der Waals surface area contributed by atoms with E-state index >= 15 is 0 Å². The van der Waals surface area contributed by atoms with Gasteiger partial charge in [0.05, 0.1) is 5.69 Å². The third kappa shape index (κ3) is 2.49. The van der Waals surface area contributed by atoms with Crippen LogP contribution in [0.5, 0.6) is 0 Å². The van der Waals surface area contributed by atoms with E-state index in [1.54, 1.807) is 13.3 Å². The summed E-state index contributed by atoms with van der Waals surface area (Å²) in [7, 11) is 3.55. The molecular weight excluding hydrogens is 178 g/mol. The van der Waals surface area contributed by atoms with E-state index in [2.05, 4.69) is 15.3 Å². The van der Waals surface area contributed by atoms with Crippen molar-refractivity contribution in [3.05, 3.63) is 23.8 Å². The van der Waals surface area contributed by atoms with Crippen LogP contribution in [-0.2, 0) is 16.9 Å². The summed E-state index contributed by atoms with van der Waals surface area (Å²) in [6.45, 7) is 4.65. The highest BCUT2D eigenvalue weighted by atomic mass is 16.5. The lowest BCUT2D eigenvalue weighted by Gasteiger charge is -2.21. The third-order valence-corrected chi connectivity index (χ3v) is 2.12. The first-order valence-electron chi connectivity index (χ1n) is 4.62. The van der Waals surface area contributed by atoms with Crippen molar-refractivity contribution in [3.63, 3.8) is 0 Å². The number of ether oxygens (including phenoxy) is 1. The van der Waals surface area contributed by atoms with Gasteiger partial charge in [-0.15, -0.1) is 0 Å². The van der Waals surface area contributed by atoms with Crippen LogP contribution in [0.25, 0.3) is 0 Å². The molecule has 0 radical (unpaired) electrons. The fourth-order valence-electron chi connectivity index (χ4n) is 1.06. The second kappa shape index (κ2) is 4.48. The highest BCUT2D eigenvalue weighted by molar-refractivity contribution is 5.06. The van der Waals surface area contributed by atoms with E-state index in [4.69, 9.17) is 4.74 Å². The lowest BCUT2D eigenvalue weighted by Crippen LogP contribution is -2.24. The minimum absolute atomic E-state index is 0.427. The van der Waals surface area contributed by atoms with Gasteiger partial charge in [-0.25, -0.2) is 9.97 Å². The first-order valence-corrected chi connectivity index (χ1v) is 4.62. The van der Waals surface area contributed by atoms with Crippen LogP contribution in [0, 0.1) is 0 Å². The summed E-state index contributed by atoms with van der Waals surface area (Å²) in [5, 5.41) is 3.05. The van der Waals surface area contributed by atoms with Gasteiger partial charge in [0.25, 0.3) is 0 Å². The predicted octanol–water partition coefficient (Wildman–Crippen LogP) is 1.08. The second-order valence-corrected chi connectivity index (χ2v) is 3.62. The summed E-state index contributed by atoms with van der Waals surface area (Å²) in [4.78, 5) is 8.61. The molecule has 1 heterocycles. The molecular formula is C10H17N3O. The number of nitrogens with one attached hydrogen (secondary N) is 1.